The molecular formula is C25H24N2O2. The molecular weight excluding hydrogens is 360 g/mol. The number of fused-ring (bicyclic) bond motifs is 1. The van der Waals surface area contributed by atoms with Crippen LogP contribution in [0.25, 0.3) is 10.9 Å². The van der Waals surface area contributed by atoms with E-state index < -0.39 is 0 Å². The van der Waals surface area contributed by atoms with Gasteiger partial charge in [-0.25, -0.2) is 0 Å². The topological polar surface area (TPSA) is 54.1 Å². The second-order valence-corrected chi connectivity index (χ2v) is 7.05. The van der Waals surface area contributed by atoms with Crippen molar-refractivity contribution in [3.8, 4) is 5.75 Å². The van der Waals surface area contributed by atoms with E-state index in [0.717, 1.165) is 33.3 Å². The van der Waals surface area contributed by atoms with Gasteiger partial charge in [-0.2, -0.15) is 0 Å². The second-order valence-electron chi connectivity index (χ2n) is 7.05. The maximum absolute atomic E-state index is 12.9. The molecule has 0 radical (unpaired) electrons. The van der Waals surface area contributed by atoms with Crippen molar-refractivity contribution in [2.45, 2.75) is 18.9 Å². The van der Waals surface area contributed by atoms with E-state index >= 15 is 0 Å². The third kappa shape index (κ3) is 4.16. The third-order valence-electron chi connectivity index (χ3n) is 5.23. The first-order valence-corrected chi connectivity index (χ1v) is 9.76. The highest BCUT2D eigenvalue weighted by Gasteiger charge is 2.24. The van der Waals surface area contributed by atoms with E-state index in [-0.39, 0.29) is 11.8 Å². The number of benzene rings is 3. The van der Waals surface area contributed by atoms with Crippen LogP contribution in [0.5, 0.6) is 5.75 Å². The normalized spacial score (nSPS) is 11.9. The van der Waals surface area contributed by atoms with Crippen LogP contribution in [0, 0.1) is 0 Å². The fourth-order valence-corrected chi connectivity index (χ4v) is 3.78. The number of para-hydroxylation sites is 2. The van der Waals surface area contributed by atoms with Crippen LogP contribution in [0.4, 0.5) is 0 Å². The first kappa shape index (κ1) is 18.8. The Balaban J connectivity index is 1.64. The average Bonchev–Trinajstić information content (AvgIpc) is 3.21. The van der Waals surface area contributed by atoms with Gasteiger partial charge in [0.25, 0.3) is 0 Å². The van der Waals surface area contributed by atoms with Gasteiger partial charge >= 0.3 is 0 Å². The number of hydrogen-bond acceptors (Lipinski definition) is 2. The molecule has 29 heavy (non-hydrogen) atoms. The van der Waals surface area contributed by atoms with Gasteiger partial charge in [0.15, 0.2) is 0 Å². The molecule has 0 saturated carbocycles. The van der Waals surface area contributed by atoms with Crippen molar-refractivity contribution in [3.05, 3.63) is 102 Å². The molecule has 4 aromatic rings. The number of aromatic nitrogens is 1. The van der Waals surface area contributed by atoms with Crippen LogP contribution in [-0.4, -0.2) is 18.0 Å². The zero-order chi connectivity index (χ0) is 20.1. The summed E-state index contributed by atoms with van der Waals surface area (Å²) in [5.74, 6) is 0.687. The zero-order valence-electron chi connectivity index (χ0n) is 16.4. The van der Waals surface area contributed by atoms with Crippen molar-refractivity contribution in [1.82, 2.24) is 10.3 Å². The van der Waals surface area contributed by atoms with Crippen LogP contribution in [0.2, 0.25) is 0 Å². The number of rotatable bonds is 7. The third-order valence-corrected chi connectivity index (χ3v) is 5.23. The van der Waals surface area contributed by atoms with Gasteiger partial charge in [-0.1, -0.05) is 66.7 Å². The van der Waals surface area contributed by atoms with Crippen LogP contribution in [0.1, 0.15) is 29.0 Å². The van der Waals surface area contributed by atoms with Gasteiger partial charge in [0.2, 0.25) is 5.91 Å². The molecule has 2 N–H and O–H groups in total. The largest absolute Gasteiger partial charge is 0.496 e. The molecule has 0 fully saturated rings. The molecule has 1 heterocycles. The molecule has 0 aliphatic heterocycles. The summed E-state index contributed by atoms with van der Waals surface area (Å²) in [6, 6.07) is 26.0. The van der Waals surface area contributed by atoms with Gasteiger partial charge in [-0.05, 0) is 23.3 Å². The Labute approximate surface area is 170 Å². The van der Waals surface area contributed by atoms with Crippen LogP contribution in [0.15, 0.2) is 85.1 Å². The SMILES string of the molecule is COc1ccccc1C(CC(=O)NCc1ccccc1)c1c[nH]c2ccccc12. The number of nitrogens with one attached hydrogen (secondary N) is 2. The van der Waals surface area contributed by atoms with E-state index in [1.165, 1.54) is 0 Å². The van der Waals surface area contributed by atoms with Crippen molar-refractivity contribution in [3.63, 3.8) is 0 Å². The Morgan fingerprint density at radius 2 is 1.66 bits per heavy atom. The zero-order valence-corrected chi connectivity index (χ0v) is 16.4. The summed E-state index contributed by atoms with van der Waals surface area (Å²) in [6.45, 7) is 0.520. The number of ether oxygens (including phenoxy) is 1. The smallest absolute Gasteiger partial charge is 0.221 e. The summed E-state index contributed by atoms with van der Waals surface area (Å²) in [6.07, 6.45) is 2.35. The Morgan fingerprint density at radius 1 is 0.931 bits per heavy atom. The number of carbonyl (C=O) groups is 1. The van der Waals surface area contributed by atoms with E-state index in [4.69, 9.17) is 4.74 Å². The fraction of sp³-hybridized carbons (Fsp3) is 0.160. The minimum atomic E-state index is -0.113. The van der Waals surface area contributed by atoms with Crippen LogP contribution in [0.3, 0.4) is 0 Å². The molecule has 1 amide bonds. The number of amides is 1. The van der Waals surface area contributed by atoms with Crippen molar-refractivity contribution in [1.29, 1.82) is 0 Å². The van der Waals surface area contributed by atoms with Gasteiger partial charge in [-0.3, -0.25) is 4.79 Å². The van der Waals surface area contributed by atoms with E-state index in [0.29, 0.717) is 13.0 Å². The van der Waals surface area contributed by atoms with Gasteiger partial charge < -0.3 is 15.0 Å². The van der Waals surface area contributed by atoms with Crippen LogP contribution < -0.4 is 10.1 Å². The maximum Gasteiger partial charge on any atom is 0.221 e. The van der Waals surface area contributed by atoms with Crippen molar-refractivity contribution >= 4 is 16.8 Å². The highest BCUT2D eigenvalue weighted by molar-refractivity contribution is 5.86. The lowest BCUT2D eigenvalue weighted by atomic mass is 9.87. The fourth-order valence-electron chi connectivity index (χ4n) is 3.78. The highest BCUT2D eigenvalue weighted by atomic mass is 16.5. The minimum Gasteiger partial charge on any atom is -0.496 e. The van der Waals surface area contributed by atoms with Gasteiger partial charge in [0.05, 0.1) is 7.11 Å². The molecule has 4 nitrogen and oxygen atoms in total. The molecule has 4 rings (SSSR count). The lowest BCUT2D eigenvalue weighted by Crippen LogP contribution is -2.25. The molecule has 1 unspecified atom stereocenters. The Hall–Kier alpha value is -3.53. The van der Waals surface area contributed by atoms with E-state index in [2.05, 4.69) is 16.4 Å². The van der Waals surface area contributed by atoms with E-state index in [1.807, 2.05) is 79.0 Å². The number of methoxy groups -OCH3 is 1. The quantitative estimate of drug-likeness (QED) is 0.470. The summed E-state index contributed by atoms with van der Waals surface area (Å²) < 4.78 is 5.61. The Morgan fingerprint density at radius 3 is 2.48 bits per heavy atom. The average molecular weight is 384 g/mol. The molecule has 1 atom stereocenters. The molecule has 1 aromatic heterocycles. The second kappa shape index (κ2) is 8.65. The first-order valence-electron chi connectivity index (χ1n) is 9.76. The summed E-state index contributed by atoms with van der Waals surface area (Å²) >= 11 is 0. The molecule has 0 bridgehead atoms. The minimum absolute atomic E-state index is 0.00930. The lowest BCUT2D eigenvalue weighted by molar-refractivity contribution is -0.121. The Bertz CT molecular complexity index is 1100. The first-order chi connectivity index (χ1) is 14.3. The lowest BCUT2D eigenvalue weighted by Gasteiger charge is -2.20. The van der Waals surface area contributed by atoms with E-state index in [1.54, 1.807) is 7.11 Å². The highest BCUT2D eigenvalue weighted by Crippen LogP contribution is 2.37. The van der Waals surface area contributed by atoms with Crippen molar-refractivity contribution in [2.75, 3.05) is 7.11 Å². The monoisotopic (exact) mass is 384 g/mol. The summed E-state index contributed by atoms with van der Waals surface area (Å²) in [4.78, 5) is 16.2. The van der Waals surface area contributed by atoms with Crippen LogP contribution >= 0.6 is 0 Å². The summed E-state index contributed by atoms with van der Waals surface area (Å²) in [5, 5.41) is 4.18. The molecule has 0 aliphatic carbocycles. The summed E-state index contributed by atoms with van der Waals surface area (Å²) in [5.41, 5.74) is 4.25. The predicted molar refractivity (Wildman–Crippen MR) is 116 cm³/mol. The molecule has 4 heteroatoms. The number of carbonyl (C=O) groups excluding carboxylic acids is 1. The number of hydrogen-bond donors (Lipinski definition) is 2. The number of aromatic amines is 1. The van der Waals surface area contributed by atoms with Gasteiger partial charge in [0.1, 0.15) is 5.75 Å². The van der Waals surface area contributed by atoms with Gasteiger partial charge in [-0.15, -0.1) is 0 Å². The Kier molecular flexibility index (Phi) is 5.61. The van der Waals surface area contributed by atoms with Crippen molar-refractivity contribution < 1.29 is 9.53 Å². The van der Waals surface area contributed by atoms with Crippen LogP contribution in [-0.2, 0) is 11.3 Å². The molecule has 0 spiro atoms. The number of H-pyrrole nitrogens is 1. The molecule has 146 valence electrons. The van der Waals surface area contributed by atoms with E-state index in [9.17, 15) is 4.79 Å². The predicted octanol–water partition coefficient (Wildman–Crippen LogP) is 5.01. The van der Waals surface area contributed by atoms with Gasteiger partial charge in [0, 0.05) is 41.5 Å². The summed E-state index contributed by atoms with van der Waals surface area (Å²) in [7, 11) is 1.67. The molecule has 3 aromatic carbocycles. The molecule has 0 saturated heterocycles. The standard InChI is InChI=1S/C25H24N2O2/c1-29-24-14-8-6-12-20(24)21(22-17-26-23-13-7-5-11-19(22)23)15-25(28)27-16-18-9-3-2-4-10-18/h2-14,17,21,26H,15-16H2,1H3,(H,27,28). The van der Waals surface area contributed by atoms with Crippen molar-refractivity contribution in [2.24, 2.45) is 0 Å². The molecule has 0 aliphatic rings. The maximum atomic E-state index is 12.9.